The summed E-state index contributed by atoms with van der Waals surface area (Å²) in [6.45, 7) is 0. The fraction of sp³-hybridized carbons (Fsp3) is 0.357. The molecular weight excluding hydrogens is 274 g/mol. The molecule has 0 heterocycles. The summed E-state index contributed by atoms with van der Waals surface area (Å²) in [7, 11) is 1.52. The first-order valence-electron chi connectivity index (χ1n) is 6.61. The van der Waals surface area contributed by atoms with Crippen LogP contribution >= 0.6 is 0 Å². The zero-order chi connectivity index (χ0) is 15.7. The smallest absolute Gasteiger partial charge is 0.318 e. The number of carboxylic acids is 1. The number of carbonyl (C=O) groups excluding carboxylic acids is 2. The highest BCUT2D eigenvalue weighted by Crippen LogP contribution is 2.14. The van der Waals surface area contributed by atoms with E-state index < -0.39 is 5.97 Å². The van der Waals surface area contributed by atoms with Gasteiger partial charge in [-0.25, -0.2) is 4.79 Å². The van der Waals surface area contributed by atoms with E-state index in [1.54, 1.807) is 24.3 Å². The van der Waals surface area contributed by atoms with Crippen LogP contribution < -0.4 is 16.0 Å². The predicted octanol–water partition coefficient (Wildman–Crippen LogP) is 2.02. The summed E-state index contributed by atoms with van der Waals surface area (Å²) in [6, 6.07) is 6.40. The minimum Gasteiger partial charge on any atom is -0.481 e. The van der Waals surface area contributed by atoms with Gasteiger partial charge in [-0.1, -0.05) is 0 Å². The second-order valence-corrected chi connectivity index (χ2v) is 4.43. The minimum atomic E-state index is -0.852. The van der Waals surface area contributed by atoms with Gasteiger partial charge in [0, 0.05) is 31.3 Å². The standard InChI is InChI=1S/C14H19N3O4/c1-15-14(21)17-11-8-6-10(7-9-11)16-12(18)4-2-3-5-13(19)20/h6-9H,2-5H2,1H3,(H,16,18)(H,19,20)(H2,15,17,21). The van der Waals surface area contributed by atoms with Crippen molar-refractivity contribution in [1.82, 2.24) is 5.32 Å². The number of hydrogen-bond donors (Lipinski definition) is 4. The molecule has 0 fully saturated rings. The Labute approximate surface area is 122 Å². The van der Waals surface area contributed by atoms with Crippen LogP contribution in [-0.4, -0.2) is 30.1 Å². The average Bonchev–Trinajstić information content (AvgIpc) is 2.45. The van der Waals surface area contributed by atoms with Gasteiger partial charge in [-0.05, 0) is 37.1 Å². The van der Waals surface area contributed by atoms with Crippen LogP contribution in [0.2, 0.25) is 0 Å². The van der Waals surface area contributed by atoms with E-state index in [0.717, 1.165) is 0 Å². The van der Waals surface area contributed by atoms with Gasteiger partial charge < -0.3 is 21.1 Å². The van der Waals surface area contributed by atoms with Crippen molar-refractivity contribution >= 4 is 29.3 Å². The molecule has 1 aromatic rings. The zero-order valence-electron chi connectivity index (χ0n) is 11.8. The normalized spacial score (nSPS) is 9.76. The number of urea groups is 1. The molecule has 0 aliphatic heterocycles. The Morgan fingerprint density at radius 1 is 0.952 bits per heavy atom. The summed E-state index contributed by atoms with van der Waals surface area (Å²) in [5.41, 5.74) is 1.24. The first-order chi connectivity index (χ1) is 10.0. The third-order valence-corrected chi connectivity index (χ3v) is 2.70. The Bertz CT molecular complexity index is 499. The number of unbranched alkanes of at least 4 members (excludes halogenated alkanes) is 1. The van der Waals surface area contributed by atoms with Crippen LogP contribution in [0.5, 0.6) is 0 Å². The monoisotopic (exact) mass is 293 g/mol. The van der Waals surface area contributed by atoms with Gasteiger partial charge in [0.1, 0.15) is 0 Å². The van der Waals surface area contributed by atoms with E-state index in [1.807, 2.05) is 0 Å². The van der Waals surface area contributed by atoms with Crippen LogP contribution in [0.25, 0.3) is 0 Å². The largest absolute Gasteiger partial charge is 0.481 e. The summed E-state index contributed by atoms with van der Waals surface area (Å²) in [5.74, 6) is -1.01. The van der Waals surface area contributed by atoms with Crippen molar-refractivity contribution in [3.8, 4) is 0 Å². The SMILES string of the molecule is CNC(=O)Nc1ccc(NC(=O)CCCCC(=O)O)cc1. The van der Waals surface area contributed by atoms with Crippen LogP contribution in [0.4, 0.5) is 16.2 Å². The molecule has 0 spiro atoms. The number of amides is 3. The Morgan fingerprint density at radius 3 is 2.00 bits per heavy atom. The van der Waals surface area contributed by atoms with Crippen molar-refractivity contribution in [3.63, 3.8) is 0 Å². The van der Waals surface area contributed by atoms with Crippen molar-refractivity contribution in [2.24, 2.45) is 0 Å². The Morgan fingerprint density at radius 2 is 1.48 bits per heavy atom. The van der Waals surface area contributed by atoms with Gasteiger partial charge >= 0.3 is 12.0 Å². The first kappa shape index (κ1) is 16.5. The second kappa shape index (κ2) is 8.57. The molecule has 7 heteroatoms. The molecule has 1 rings (SSSR count). The molecule has 21 heavy (non-hydrogen) atoms. The lowest BCUT2D eigenvalue weighted by Crippen LogP contribution is -2.24. The topological polar surface area (TPSA) is 108 Å². The molecule has 4 N–H and O–H groups in total. The summed E-state index contributed by atoms with van der Waals surface area (Å²) >= 11 is 0. The van der Waals surface area contributed by atoms with E-state index in [-0.39, 0.29) is 24.8 Å². The zero-order valence-corrected chi connectivity index (χ0v) is 11.8. The van der Waals surface area contributed by atoms with E-state index in [9.17, 15) is 14.4 Å². The van der Waals surface area contributed by atoms with Crippen molar-refractivity contribution < 1.29 is 19.5 Å². The van der Waals surface area contributed by atoms with E-state index in [4.69, 9.17) is 5.11 Å². The molecule has 0 aliphatic carbocycles. The van der Waals surface area contributed by atoms with Gasteiger partial charge in [0.25, 0.3) is 0 Å². The molecule has 7 nitrogen and oxygen atoms in total. The number of hydrogen-bond acceptors (Lipinski definition) is 3. The summed E-state index contributed by atoms with van der Waals surface area (Å²) < 4.78 is 0. The molecule has 0 unspecified atom stereocenters. The maximum atomic E-state index is 11.6. The summed E-state index contributed by atoms with van der Waals surface area (Å²) in [6.07, 6.45) is 1.38. The van der Waals surface area contributed by atoms with Gasteiger partial charge in [-0.2, -0.15) is 0 Å². The van der Waals surface area contributed by atoms with Gasteiger partial charge in [0.05, 0.1) is 0 Å². The van der Waals surface area contributed by atoms with Crippen LogP contribution in [-0.2, 0) is 9.59 Å². The lowest BCUT2D eigenvalue weighted by atomic mass is 10.2. The number of carbonyl (C=O) groups is 3. The molecule has 0 bridgehead atoms. The van der Waals surface area contributed by atoms with E-state index in [1.165, 1.54) is 7.05 Å². The highest BCUT2D eigenvalue weighted by Gasteiger charge is 2.04. The second-order valence-electron chi connectivity index (χ2n) is 4.43. The van der Waals surface area contributed by atoms with Gasteiger partial charge in [0.15, 0.2) is 0 Å². The molecule has 3 amide bonds. The van der Waals surface area contributed by atoms with E-state index in [2.05, 4.69) is 16.0 Å². The van der Waals surface area contributed by atoms with Crippen molar-refractivity contribution in [2.75, 3.05) is 17.7 Å². The maximum absolute atomic E-state index is 11.6. The molecule has 0 aromatic heterocycles. The number of benzene rings is 1. The highest BCUT2D eigenvalue weighted by atomic mass is 16.4. The molecule has 0 radical (unpaired) electrons. The average molecular weight is 293 g/mol. The summed E-state index contributed by atoms with van der Waals surface area (Å²) in [5, 5.41) is 16.2. The van der Waals surface area contributed by atoms with Crippen LogP contribution in [0.3, 0.4) is 0 Å². The molecule has 0 saturated carbocycles. The molecule has 0 saturated heterocycles. The Kier molecular flexibility index (Phi) is 6.73. The third-order valence-electron chi connectivity index (χ3n) is 2.70. The number of nitrogens with one attached hydrogen (secondary N) is 3. The number of carboxylic acid groups (broad SMARTS) is 1. The number of anilines is 2. The van der Waals surface area contributed by atoms with Crippen LogP contribution in [0, 0.1) is 0 Å². The van der Waals surface area contributed by atoms with Crippen molar-refractivity contribution in [3.05, 3.63) is 24.3 Å². The summed E-state index contributed by atoms with van der Waals surface area (Å²) in [4.78, 5) is 33.1. The number of rotatable bonds is 7. The third kappa shape index (κ3) is 6.95. The molecular formula is C14H19N3O4. The number of aliphatic carboxylic acids is 1. The molecule has 0 atom stereocenters. The van der Waals surface area contributed by atoms with E-state index >= 15 is 0 Å². The first-order valence-corrected chi connectivity index (χ1v) is 6.61. The Hall–Kier alpha value is -2.57. The van der Waals surface area contributed by atoms with Gasteiger partial charge in [0.2, 0.25) is 5.91 Å². The van der Waals surface area contributed by atoms with Gasteiger partial charge in [-0.15, -0.1) is 0 Å². The highest BCUT2D eigenvalue weighted by molar-refractivity contribution is 5.92. The lowest BCUT2D eigenvalue weighted by Gasteiger charge is -2.07. The van der Waals surface area contributed by atoms with Crippen molar-refractivity contribution in [1.29, 1.82) is 0 Å². The van der Waals surface area contributed by atoms with E-state index in [0.29, 0.717) is 24.2 Å². The van der Waals surface area contributed by atoms with Crippen LogP contribution in [0.15, 0.2) is 24.3 Å². The van der Waals surface area contributed by atoms with Crippen LogP contribution in [0.1, 0.15) is 25.7 Å². The fourth-order valence-electron chi connectivity index (χ4n) is 1.62. The maximum Gasteiger partial charge on any atom is 0.318 e. The predicted molar refractivity (Wildman–Crippen MR) is 79.3 cm³/mol. The van der Waals surface area contributed by atoms with Gasteiger partial charge in [-0.3, -0.25) is 9.59 Å². The molecule has 1 aromatic carbocycles. The molecule has 0 aliphatic rings. The molecule has 114 valence electrons. The quantitative estimate of drug-likeness (QED) is 0.577. The minimum absolute atomic E-state index is 0.0765. The lowest BCUT2D eigenvalue weighted by molar-refractivity contribution is -0.137. The fourth-order valence-corrected chi connectivity index (χ4v) is 1.62. The van der Waals surface area contributed by atoms with Crippen molar-refractivity contribution in [2.45, 2.75) is 25.7 Å². The Balaban J connectivity index is 2.35.